The van der Waals surface area contributed by atoms with Gasteiger partial charge in [0, 0.05) is 50.2 Å². The van der Waals surface area contributed by atoms with E-state index in [4.69, 9.17) is 16.3 Å². The second kappa shape index (κ2) is 10.9. The van der Waals surface area contributed by atoms with Crippen LogP contribution in [0, 0.1) is 5.92 Å². The van der Waals surface area contributed by atoms with E-state index in [-0.39, 0.29) is 41.8 Å². The molecule has 1 aromatic rings. The molecule has 1 saturated heterocycles. The van der Waals surface area contributed by atoms with Gasteiger partial charge in [-0.1, -0.05) is 11.6 Å². The minimum absolute atomic E-state index is 0. The molecule has 1 heterocycles. The van der Waals surface area contributed by atoms with Gasteiger partial charge < -0.3 is 25.6 Å². The number of hydrogen-bond donors (Lipinski definition) is 3. The van der Waals surface area contributed by atoms with Crippen LogP contribution >= 0.6 is 35.6 Å². The number of benzene rings is 1. The first-order chi connectivity index (χ1) is 13.1. The van der Waals surface area contributed by atoms with Crippen LogP contribution in [0.2, 0.25) is 5.02 Å². The minimum Gasteiger partial charge on any atom is -0.495 e. The Balaban J connectivity index is 0.00000280. The molecule has 1 aliphatic carbocycles. The predicted molar refractivity (Wildman–Crippen MR) is 124 cm³/mol. The van der Waals surface area contributed by atoms with E-state index in [0.29, 0.717) is 18.1 Å². The number of carbonyl (C=O) groups excluding carboxylic acids is 1. The molecule has 1 saturated carbocycles. The van der Waals surface area contributed by atoms with Crippen molar-refractivity contribution in [1.82, 2.24) is 16.0 Å². The molecule has 3 rings (SSSR count). The second-order valence-corrected chi connectivity index (χ2v) is 7.39. The van der Waals surface area contributed by atoms with Crippen molar-refractivity contribution < 1.29 is 9.53 Å². The van der Waals surface area contributed by atoms with Gasteiger partial charge in [-0.2, -0.15) is 0 Å². The SMILES string of the molecule is CN=C(NCCNC(=O)C1CC1)NC1CCN(c2cc(Cl)ccc2OC)C1.I. The second-order valence-electron chi connectivity index (χ2n) is 6.96. The molecule has 1 amide bonds. The molecule has 2 aliphatic rings. The van der Waals surface area contributed by atoms with Gasteiger partial charge in [-0.15, -0.1) is 24.0 Å². The molecule has 1 aromatic carbocycles. The number of nitrogens with one attached hydrogen (secondary N) is 3. The fourth-order valence-corrected chi connectivity index (χ4v) is 3.42. The van der Waals surface area contributed by atoms with Crippen LogP contribution in [0.4, 0.5) is 5.69 Å². The maximum Gasteiger partial charge on any atom is 0.223 e. The summed E-state index contributed by atoms with van der Waals surface area (Å²) in [5, 5.41) is 10.4. The number of methoxy groups -OCH3 is 1. The van der Waals surface area contributed by atoms with E-state index in [2.05, 4.69) is 25.8 Å². The Bertz CT molecular complexity index is 699. The first-order valence-electron chi connectivity index (χ1n) is 9.44. The zero-order valence-electron chi connectivity index (χ0n) is 16.3. The van der Waals surface area contributed by atoms with Crippen molar-refractivity contribution in [2.75, 3.05) is 45.2 Å². The fourth-order valence-electron chi connectivity index (χ4n) is 3.25. The number of rotatable bonds is 7. The predicted octanol–water partition coefficient (Wildman–Crippen LogP) is 2.24. The largest absolute Gasteiger partial charge is 0.495 e. The molecule has 7 nitrogen and oxygen atoms in total. The fraction of sp³-hybridized carbons (Fsp3) is 0.579. The molecule has 1 atom stereocenters. The smallest absolute Gasteiger partial charge is 0.223 e. The molecule has 3 N–H and O–H groups in total. The summed E-state index contributed by atoms with van der Waals surface area (Å²) in [6.07, 6.45) is 3.05. The number of aliphatic imine (C=N–C) groups is 1. The van der Waals surface area contributed by atoms with Gasteiger partial charge in [-0.25, -0.2) is 0 Å². The van der Waals surface area contributed by atoms with Gasteiger partial charge in [0.25, 0.3) is 0 Å². The summed E-state index contributed by atoms with van der Waals surface area (Å²) >= 11 is 6.16. The summed E-state index contributed by atoms with van der Waals surface area (Å²) < 4.78 is 5.46. The molecule has 28 heavy (non-hydrogen) atoms. The number of halogens is 2. The molecule has 1 aliphatic heterocycles. The van der Waals surface area contributed by atoms with E-state index in [1.807, 2.05) is 18.2 Å². The zero-order valence-corrected chi connectivity index (χ0v) is 19.4. The quantitative estimate of drug-likeness (QED) is 0.222. The van der Waals surface area contributed by atoms with Crippen LogP contribution in [0.5, 0.6) is 5.75 Å². The van der Waals surface area contributed by atoms with Gasteiger partial charge in [-0.3, -0.25) is 9.79 Å². The molecule has 1 unspecified atom stereocenters. The highest BCUT2D eigenvalue weighted by atomic mass is 127. The number of carbonyl (C=O) groups is 1. The third kappa shape index (κ3) is 6.30. The van der Waals surface area contributed by atoms with E-state index >= 15 is 0 Å². The lowest BCUT2D eigenvalue weighted by molar-refractivity contribution is -0.122. The number of ether oxygens (including phenoxy) is 1. The number of anilines is 1. The summed E-state index contributed by atoms with van der Waals surface area (Å²) in [7, 11) is 3.43. The van der Waals surface area contributed by atoms with Gasteiger partial charge in [0.1, 0.15) is 5.75 Å². The van der Waals surface area contributed by atoms with Crippen molar-refractivity contribution in [1.29, 1.82) is 0 Å². The highest BCUT2D eigenvalue weighted by Crippen LogP contribution is 2.33. The zero-order chi connectivity index (χ0) is 19.2. The maximum atomic E-state index is 11.6. The monoisotopic (exact) mass is 521 g/mol. The molecule has 9 heteroatoms. The van der Waals surface area contributed by atoms with Crippen LogP contribution in [0.3, 0.4) is 0 Å². The maximum absolute atomic E-state index is 11.6. The van der Waals surface area contributed by atoms with Crippen molar-refractivity contribution in [3.05, 3.63) is 23.2 Å². The number of amides is 1. The average Bonchev–Trinajstić information content (AvgIpc) is 3.43. The third-order valence-corrected chi connectivity index (χ3v) is 5.13. The molecule has 2 fully saturated rings. The molecule has 0 spiro atoms. The van der Waals surface area contributed by atoms with Crippen LogP contribution in [0.15, 0.2) is 23.2 Å². The number of hydrogen-bond acceptors (Lipinski definition) is 4. The molecule has 156 valence electrons. The Hall–Kier alpha value is -1.42. The highest BCUT2D eigenvalue weighted by Gasteiger charge is 2.29. The first kappa shape index (κ1) is 22.9. The van der Waals surface area contributed by atoms with E-state index in [9.17, 15) is 4.79 Å². The van der Waals surface area contributed by atoms with Crippen molar-refractivity contribution in [2.24, 2.45) is 10.9 Å². The van der Waals surface area contributed by atoms with E-state index < -0.39 is 0 Å². The summed E-state index contributed by atoms with van der Waals surface area (Å²) in [5.74, 6) is 1.99. The van der Waals surface area contributed by atoms with Crippen LogP contribution in [0.1, 0.15) is 19.3 Å². The Morgan fingerprint density at radius 2 is 2.04 bits per heavy atom. The Morgan fingerprint density at radius 1 is 1.29 bits per heavy atom. The van der Waals surface area contributed by atoms with Crippen molar-refractivity contribution in [3.8, 4) is 5.75 Å². The van der Waals surface area contributed by atoms with E-state index in [0.717, 1.165) is 49.7 Å². The average molecular weight is 522 g/mol. The number of guanidine groups is 1. The van der Waals surface area contributed by atoms with Gasteiger partial charge >= 0.3 is 0 Å². The third-order valence-electron chi connectivity index (χ3n) is 4.90. The van der Waals surface area contributed by atoms with Gasteiger partial charge in [0.2, 0.25) is 5.91 Å². The molecule has 0 radical (unpaired) electrons. The minimum atomic E-state index is 0. The summed E-state index contributed by atoms with van der Waals surface area (Å²) in [5.41, 5.74) is 1.01. The van der Waals surface area contributed by atoms with Crippen LogP contribution in [0.25, 0.3) is 0 Å². The lowest BCUT2D eigenvalue weighted by atomic mass is 10.2. The van der Waals surface area contributed by atoms with Gasteiger partial charge in [-0.05, 0) is 37.5 Å². The van der Waals surface area contributed by atoms with Gasteiger partial charge in [0.15, 0.2) is 5.96 Å². The van der Waals surface area contributed by atoms with Crippen molar-refractivity contribution >= 4 is 53.1 Å². The Labute approximate surface area is 188 Å². The molecule has 0 aromatic heterocycles. The summed E-state index contributed by atoms with van der Waals surface area (Å²) in [6.45, 7) is 3.02. The summed E-state index contributed by atoms with van der Waals surface area (Å²) in [6, 6.07) is 5.96. The summed E-state index contributed by atoms with van der Waals surface area (Å²) in [4.78, 5) is 18.2. The first-order valence-corrected chi connectivity index (χ1v) is 9.82. The topological polar surface area (TPSA) is 78.0 Å². The van der Waals surface area contributed by atoms with Crippen molar-refractivity contribution in [2.45, 2.75) is 25.3 Å². The normalized spacial score (nSPS) is 19.0. The van der Waals surface area contributed by atoms with E-state index in [1.54, 1.807) is 14.2 Å². The number of nitrogens with zero attached hydrogens (tertiary/aromatic N) is 2. The van der Waals surface area contributed by atoms with Crippen LogP contribution < -0.4 is 25.6 Å². The van der Waals surface area contributed by atoms with Crippen molar-refractivity contribution in [3.63, 3.8) is 0 Å². The highest BCUT2D eigenvalue weighted by molar-refractivity contribution is 14.0. The van der Waals surface area contributed by atoms with Crippen LogP contribution in [-0.4, -0.2) is 58.2 Å². The molecular weight excluding hydrogens is 493 g/mol. The van der Waals surface area contributed by atoms with Gasteiger partial charge in [0.05, 0.1) is 12.8 Å². The van der Waals surface area contributed by atoms with E-state index in [1.165, 1.54) is 0 Å². The Kier molecular flexibility index (Phi) is 8.94. The van der Waals surface area contributed by atoms with Crippen LogP contribution in [-0.2, 0) is 4.79 Å². The lowest BCUT2D eigenvalue weighted by Gasteiger charge is -2.22. The Morgan fingerprint density at radius 3 is 2.71 bits per heavy atom. The lowest BCUT2D eigenvalue weighted by Crippen LogP contribution is -2.46. The standard InChI is InChI=1S/C19H28ClN5O2.HI/c1-21-19(23-9-8-22-18(26)13-3-4-13)24-15-7-10-25(12-15)16-11-14(20)5-6-17(16)27-2;/h5-6,11,13,15H,3-4,7-10,12H2,1-2H3,(H,22,26)(H2,21,23,24);1H. The molecule has 0 bridgehead atoms. The molecular formula is C19H29ClIN5O2.